The van der Waals surface area contributed by atoms with Crippen molar-refractivity contribution in [1.29, 1.82) is 0 Å². The van der Waals surface area contributed by atoms with Crippen LogP contribution in [0.25, 0.3) is 0 Å². The summed E-state index contributed by atoms with van der Waals surface area (Å²) in [5, 5.41) is 0. The van der Waals surface area contributed by atoms with Crippen molar-refractivity contribution in [3.05, 3.63) is 35.1 Å². The predicted octanol–water partition coefficient (Wildman–Crippen LogP) is 2.22. The molecule has 0 saturated carbocycles. The van der Waals surface area contributed by atoms with Gasteiger partial charge in [0.25, 0.3) is 0 Å². The molecule has 0 heterocycles. The molecule has 0 aliphatic heterocycles. The molecule has 1 aromatic carbocycles. The zero-order valence-corrected chi connectivity index (χ0v) is 8.91. The SMILES string of the molecule is Cl.NC[C@@H](N)c1cccc(C(F)(F)F)c1F. The van der Waals surface area contributed by atoms with Gasteiger partial charge in [0.15, 0.2) is 0 Å². The summed E-state index contributed by atoms with van der Waals surface area (Å²) in [6, 6.07) is 2.05. The lowest BCUT2D eigenvalue weighted by molar-refractivity contribution is -0.140. The van der Waals surface area contributed by atoms with E-state index in [1.54, 1.807) is 0 Å². The molecule has 0 unspecified atom stereocenters. The van der Waals surface area contributed by atoms with Crippen LogP contribution in [0.15, 0.2) is 18.2 Å². The number of rotatable bonds is 2. The van der Waals surface area contributed by atoms with E-state index in [2.05, 4.69) is 0 Å². The number of benzene rings is 1. The highest BCUT2D eigenvalue weighted by Crippen LogP contribution is 2.33. The average molecular weight is 259 g/mol. The van der Waals surface area contributed by atoms with Crippen LogP contribution in [0.4, 0.5) is 17.6 Å². The third-order valence-corrected chi connectivity index (χ3v) is 1.99. The Hall–Kier alpha value is -0.850. The number of hydrogen-bond acceptors (Lipinski definition) is 2. The zero-order valence-electron chi connectivity index (χ0n) is 8.09. The number of alkyl halides is 3. The molecule has 0 amide bonds. The normalized spacial score (nSPS) is 13.1. The van der Waals surface area contributed by atoms with E-state index >= 15 is 0 Å². The molecule has 16 heavy (non-hydrogen) atoms. The van der Waals surface area contributed by atoms with Gasteiger partial charge in [-0.1, -0.05) is 12.1 Å². The predicted molar refractivity (Wildman–Crippen MR) is 54.6 cm³/mol. The fourth-order valence-electron chi connectivity index (χ4n) is 1.18. The quantitative estimate of drug-likeness (QED) is 0.799. The average Bonchev–Trinajstić information content (AvgIpc) is 2.15. The number of nitrogens with two attached hydrogens (primary N) is 2. The molecule has 1 rings (SSSR count). The third kappa shape index (κ3) is 3.07. The fraction of sp³-hybridized carbons (Fsp3) is 0.333. The maximum absolute atomic E-state index is 13.4. The summed E-state index contributed by atoms with van der Waals surface area (Å²) >= 11 is 0. The standard InChI is InChI=1S/C9H10F4N2.ClH/c10-8-5(7(15)4-14)2-1-3-6(8)9(11,12)13;/h1-3,7H,4,14-15H2;1H/t7-;/m1./s1. The van der Waals surface area contributed by atoms with Crippen LogP contribution in [-0.2, 0) is 6.18 Å². The Morgan fingerprint density at radius 3 is 2.25 bits per heavy atom. The van der Waals surface area contributed by atoms with Crippen LogP contribution < -0.4 is 11.5 Å². The van der Waals surface area contributed by atoms with Gasteiger partial charge in [0.1, 0.15) is 5.82 Å². The highest BCUT2D eigenvalue weighted by Gasteiger charge is 2.35. The topological polar surface area (TPSA) is 52.0 Å². The summed E-state index contributed by atoms with van der Waals surface area (Å²) in [7, 11) is 0. The van der Waals surface area contributed by atoms with Crippen molar-refractivity contribution in [3.8, 4) is 0 Å². The van der Waals surface area contributed by atoms with Gasteiger partial charge in [-0.25, -0.2) is 4.39 Å². The van der Waals surface area contributed by atoms with Crippen molar-refractivity contribution in [1.82, 2.24) is 0 Å². The second kappa shape index (κ2) is 5.47. The van der Waals surface area contributed by atoms with Crippen LogP contribution in [0.3, 0.4) is 0 Å². The lowest BCUT2D eigenvalue weighted by Gasteiger charge is -2.14. The van der Waals surface area contributed by atoms with Crippen molar-refractivity contribution in [2.45, 2.75) is 12.2 Å². The smallest absolute Gasteiger partial charge is 0.329 e. The first-order chi connectivity index (χ1) is 6.88. The first-order valence-electron chi connectivity index (χ1n) is 4.19. The van der Waals surface area contributed by atoms with Crippen molar-refractivity contribution < 1.29 is 17.6 Å². The number of halogens is 5. The van der Waals surface area contributed by atoms with Crippen LogP contribution >= 0.6 is 12.4 Å². The minimum Gasteiger partial charge on any atom is -0.329 e. The van der Waals surface area contributed by atoms with Gasteiger partial charge in [-0.2, -0.15) is 13.2 Å². The van der Waals surface area contributed by atoms with E-state index in [-0.39, 0.29) is 24.5 Å². The van der Waals surface area contributed by atoms with E-state index < -0.39 is 23.6 Å². The Balaban J connectivity index is 0.00000225. The van der Waals surface area contributed by atoms with Crippen LogP contribution in [-0.4, -0.2) is 6.54 Å². The van der Waals surface area contributed by atoms with E-state index in [1.165, 1.54) is 6.07 Å². The van der Waals surface area contributed by atoms with Crippen molar-refractivity contribution in [2.75, 3.05) is 6.54 Å². The third-order valence-electron chi connectivity index (χ3n) is 1.99. The maximum atomic E-state index is 13.4. The lowest BCUT2D eigenvalue weighted by atomic mass is 10.0. The van der Waals surface area contributed by atoms with Crippen LogP contribution in [0.5, 0.6) is 0 Å². The maximum Gasteiger partial charge on any atom is 0.419 e. The second-order valence-corrected chi connectivity index (χ2v) is 3.05. The summed E-state index contributed by atoms with van der Waals surface area (Å²) in [5.41, 5.74) is 9.00. The molecule has 0 aromatic heterocycles. The molecule has 0 fully saturated rings. The van der Waals surface area contributed by atoms with E-state index in [0.717, 1.165) is 6.07 Å². The van der Waals surface area contributed by atoms with E-state index in [4.69, 9.17) is 11.5 Å². The van der Waals surface area contributed by atoms with Crippen LogP contribution in [0.2, 0.25) is 0 Å². The van der Waals surface area contributed by atoms with Gasteiger partial charge >= 0.3 is 6.18 Å². The minimum atomic E-state index is -4.71. The van der Waals surface area contributed by atoms with Crippen LogP contribution in [0, 0.1) is 5.82 Å². The summed E-state index contributed by atoms with van der Waals surface area (Å²) in [6.45, 7) is -0.113. The molecule has 0 bridgehead atoms. The first kappa shape index (κ1) is 15.2. The van der Waals surface area contributed by atoms with Crippen molar-refractivity contribution in [3.63, 3.8) is 0 Å². The molecule has 0 aliphatic rings. The molecule has 2 nitrogen and oxygen atoms in total. The van der Waals surface area contributed by atoms with Gasteiger partial charge in [0.2, 0.25) is 0 Å². The highest BCUT2D eigenvalue weighted by molar-refractivity contribution is 5.85. The molecule has 1 atom stereocenters. The molecular formula is C9H11ClF4N2. The summed E-state index contributed by atoms with van der Waals surface area (Å²) in [4.78, 5) is 0. The monoisotopic (exact) mass is 258 g/mol. The van der Waals surface area contributed by atoms with Gasteiger partial charge in [-0.3, -0.25) is 0 Å². The Labute approximate surface area is 96.0 Å². The van der Waals surface area contributed by atoms with Gasteiger partial charge in [-0.15, -0.1) is 12.4 Å². The first-order valence-corrected chi connectivity index (χ1v) is 4.19. The van der Waals surface area contributed by atoms with Crippen molar-refractivity contribution in [2.24, 2.45) is 11.5 Å². The molecule has 92 valence electrons. The molecular weight excluding hydrogens is 248 g/mol. The van der Waals surface area contributed by atoms with Crippen LogP contribution in [0.1, 0.15) is 17.2 Å². The minimum absolute atomic E-state index is 0. The molecule has 0 radical (unpaired) electrons. The molecule has 0 saturated heterocycles. The lowest BCUT2D eigenvalue weighted by Crippen LogP contribution is -2.23. The Kier molecular flexibility index (Phi) is 5.18. The summed E-state index contributed by atoms with van der Waals surface area (Å²) < 4.78 is 50.2. The molecule has 4 N–H and O–H groups in total. The van der Waals surface area contributed by atoms with E-state index in [1.807, 2.05) is 0 Å². The van der Waals surface area contributed by atoms with Gasteiger partial charge < -0.3 is 11.5 Å². The van der Waals surface area contributed by atoms with Gasteiger partial charge in [0, 0.05) is 18.2 Å². The molecule has 0 spiro atoms. The van der Waals surface area contributed by atoms with E-state index in [9.17, 15) is 17.6 Å². The van der Waals surface area contributed by atoms with E-state index in [0.29, 0.717) is 6.07 Å². The Bertz CT molecular complexity index is 354. The van der Waals surface area contributed by atoms with Crippen molar-refractivity contribution >= 4 is 12.4 Å². The Morgan fingerprint density at radius 1 is 1.25 bits per heavy atom. The summed E-state index contributed by atoms with van der Waals surface area (Å²) in [5.74, 6) is -1.34. The summed E-state index contributed by atoms with van der Waals surface area (Å²) in [6.07, 6.45) is -4.71. The largest absolute Gasteiger partial charge is 0.419 e. The highest BCUT2D eigenvalue weighted by atomic mass is 35.5. The second-order valence-electron chi connectivity index (χ2n) is 3.05. The zero-order chi connectivity index (χ0) is 11.6. The fourth-order valence-corrected chi connectivity index (χ4v) is 1.18. The Morgan fingerprint density at radius 2 is 1.81 bits per heavy atom. The van der Waals surface area contributed by atoms with Gasteiger partial charge in [-0.05, 0) is 6.07 Å². The van der Waals surface area contributed by atoms with Gasteiger partial charge in [0.05, 0.1) is 5.56 Å². The molecule has 7 heteroatoms. The molecule has 0 aliphatic carbocycles. The number of hydrogen-bond donors (Lipinski definition) is 2. The molecule has 1 aromatic rings.